The Bertz CT molecular complexity index is 1720. The summed E-state index contributed by atoms with van der Waals surface area (Å²) in [6, 6.07) is 0. The molecular weight excluding hydrogens is 865 g/mol. The molecule has 0 unspecified atom stereocenters. The number of hydrogen-bond acceptors (Lipinski definition) is 18. The number of aliphatic hydroxyl groups is 12. The van der Waals surface area contributed by atoms with Crippen LogP contribution in [0, 0.1) is 50.7 Å². The molecule has 5 saturated carbocycles. The summed E-state index contributed by atoms with van der Waals surface area (Å²) in [5.41, 5.74) is 0.425. The number of aliphatic hydroxyl groups excluding tert-OH is 12. The molecule has 66 heavy (non-hydrogen) atoms. The Morgan fingerprint density at radius 3 is 1.86 bits per heavy atom. The third-order valence-corrected chi connectivity index (χ3v) is 19.7. The highest BCUT2D eigenvalue weighted by molar-refractivity contribution is 5.31. The highest BCUT2D eigenvalue weighted by Gasteiger charge is 2.82. The first-order valence-electron chi connectivity index (χ1n) is 24.6. The van der Waals surface area contributed by atoms with Crippen molar-refractivity contribution < 1.29 is 89.7 Å². The van der Waals surface area contributed by atoms with E-state index < -0.39 is 123 Å². The predicted molar refractivity (Wildman–Crippen MR) is 231 cm³/mol. The third kappa shape index (κ3) is 8.00. The van der Waals surface area contributed by atoms with E-state index in [2.05, 4.69) is 27.7 Å². The third-order valence-electron chi connectivity index (χ3n) is 19.7. The Balaban J connectivity index is 0.889. The number of hydrogen-bond donors (Lipinski definition) is 12. The van der Waals surface area contributed by atoms with Crippen molar-refractivity contribution in [2.75, 3.05) is 26.4 Å². The van der Waals surface area contributed by atoms with Gasteiger partial charge >= 0.3 is 0 Å². The Hall–Kier alpha value is -0.980. The van der Waals surface area contributed by atoms with Crippen LogP contribution in [0.25, 0.3) is 0 Å². The lowest BCUT2D eigenvalue weighted by Gasteiger charge is -2.64. The largest absolute Gasteiger partial charge is 0.396 e. The summed E-state index contributed by atoms with van der Waals surface area (Å²) < 4.78 is 35.3. The molecule has 26 atom stereocenters. The maximum atomic E-state index is 11.7. The molecule has 0 bridgehead atoms. The van der Waals surface area contributed by atoms with Gasteiger partial charge in [-0.3, -0.25) is 0 Å². The van der Waals surface area contributed by atoms with E-state index in [-0.39, 0.29) is 46.7 Å². The van der Waals surface area contributed by atoms with Crippen molar-refractivity contribution in [1.29, 1.82) is 0 Å². The maximum absolute atomic E-state index is 11.7. The molecule has 380 valence electrons. The normalized spacial score (nSPS) is 54.7. The molecule has 0 aromatic rings. The van der Waals surface area contributed by atoms with Crippen LogP contribution in [0.3, 0.4) is 0 Å². The van der Waals surface area contributed by atoms with Crippen molar-refractivity contribution >= 4 is 0 Å². The zero-order valence-electron chi connectivity index (χ0n) is 39.4. The van der Waals surface area contributed by atoms with E-state index in [4.69, 9.17) is 28.4 Å². The molecule has 8 aliphatic rings. The lowest BCUT2D eigenvalue weighted by molar-refractivity contribution is -0.364. The summed E-state index contributed by atoms with van der Waals surface area (Å²) in [5, 5.41) is 126. The van der Waals surface area contributed by atoms with Crippen molar-refractivity contribution in [3.05, 3.63) is 11.6 Å². The molecule has 3 aliphatic heterocycles. The molecule has 18 nitrogen and oxygen atoms in total. The lowest BCUT2D eigenvalue weighted by atomic mass is 9.41. The summed E-state index contributed by atoms with van der Waals surface area (Å²) in [7, 11) is 0. The first-order chi connectivity index (χ1) is 31.1. The molecule has 3 heterocycles. The minimum absolute atomic E-state index is 0.0157. The maximum Gasteiger partial charge on any atom is 0.187 e. The van der Waals surface area contributed by atoms with Crippen molar-refractivity contribution in [3.8, 4) is 0 Å². The fourth-order valence-electron chi connectivity index (χ4n) is 15.6. The SMILES string of the molecule is C/C(=C/C[C@H](O)[C@@H](C)[C@H]1CC[C@@]2(C)[C@@H]3CC[C@H]4[C@@](C)(CO)[C@@H](O[C@@H]5O[C@H](C)[C@H](O[C@@H]6O[C@H](CO)[C@@H](O)[C@H](O)[C@H]6O)[C@H](O)[C@H]5O)CC[C@@]45C[C@@]35CC[C@]12C)CO[C@@H]1O[C@H](CO)[C@@H](O)[C@H](O)[C@H]1O. The average molecular weight is 945 g/mol. The Morgan fingerprint density at radius 2 is 1.23 bits per heavy atom. The molecule has 0 amide bonds. The van der Waals surface area contributed by atoms with Crippen molar-refractivity contribution in [2.24, 2.45) is 50.7 Å². The molecule has 5 aliphatic carbocycles. The van der Waals surface area contributed by atoms with Gasteiger partial charge in [-0.25, -0.2) is 0 Å². The Labute approximate surface area is 387 Å². The van der Waals surface area contributed by atoms with Crippen molar-refractivity contribution in [1.82, 2.24) is 0 Å². The van der Waals surface area contributed by atoms with Gasteiger partial charge in [-0.05, 0) is 123 Å². The second-order valence-corrected chi connectivity index (χ2v) is 22.7. The van der Waals surface area contributed by atoms with Crippen LogP contribution in [-0.2, 0) is 28.4 Å². The topological polar surface area (TPSA) is 298 Å². The van der Waals surface area contributed by atoms with Gasteiger partial charge in [0.15, 0.2) is 18.9 Å². The summed E-state index contributed by atoms with van der Waals surface area (Å²) >= 11 is 0. The highest BCUT2D eigenvalue weighted by Crippen LogP contribution is 2.89. The molecule has 0 aromatic heterocycles. The van der Waals surface area contributed by atoms with Gasteiger partial charge in [0.05, 0.1) is 44.7 Å². The van der Waals surface area contributed by atoms with Crippen LogP contribution in [0.1, 0.15) is 106 Å². The van der Waals surface area contributed by atoms with Crippen LogP contribution < -0.4 is 0 Å². The molecule has 18 heteroatoms. The van der Waals surface area contributed by atoms with Crippen LogP contribution in [0.4, 0.5) is 0 Å². The van der Waals surface area contributed by atoms with E-state index in [1.165, 1.54) is 0 Å². The molecule has 3 saturated heterocycles. The minimum Gasteiger partial charge on any atom is -0.396 e. The summed E-state index contributed by atoms with van der Waals surface area (Å²) in [5.74, 6) is 1.01. The van der Waals surface area contributed by atoms with Crippen LogP contribution in [0.15, 0.2) is 11.6 Å². The van der Waals surface area contributed by atoms with Gasteiger partial charge in [0.2, 0.25) is 0 Å². The zero-order chi connectivity index (χ0) is 48.1. The van der Waals surface area contributed by atoms with Crippen LogP contribution in [0.2, 0.25) is 0 Å². The molecular formula is C48H80O18. The first kappa shape index (κ1) is 51.4. The fourth-order valence-corrected chi connectivity index (χ4v) is 15.6. The van der Waals surface area contributed by atoms with E-state index >= 15 is 0 Å². The average Bonchev–Trinajstić information content (AvgIpc) is 3.89. The van der Waals surface area contributed by atoms with Gasteiger partial charge in [0, 0.05) is 5.41 Å². The van der Waals surface area contributed by atoms with Gasteiger partial charge in [0.1, 0.15) is 67.1 Å². The Kier molecular flexibility index (Phi) is 14.7. The number of ether oxygens (including phenoxy) is 6. The van der Waals surface area contributed by atoms with Crippen LogP contribution in [0.5, 0.6) is 0 Å². The smallest absolute Gasteiger partial charge is 0.187 e. The second kappa shape index (κ2) is 18.9. The first-order valence-corrected chi connectivity index (χ1v) is 24.6. The molecule has 2 spiro atoms. The number of fused-ring (bicyclic) bond motifs is 2. The number of rotatable bonds is 14. The zero-order valence-corrected chi connectivity index (χ0v) is 39.4. The highest BCUT2D eigenvalue weighted by atomic mass is 16.7. The van der Waals surface area contributed by atoms with Gasteiger partial charge in [0.25, 0.3) is 0 Å². The van der Waals surface area contributed by atoms with Gasteiger partial charge in [-0.15, -0.1) is 0 Å². The van der Waals surface area contributed by atoms with Gasteiger partial charge in [-0.1, -0.05) is 39.3 Å². The van der Waals surface area contributed by atoms with E-state index in [9.17, 15) is 61.3 Å². The van der Waals surface area contributed by atoms with Gasteiger partial charge < -0.3 is 89.7 Å². The minimum atomic E-state index is -1.70. The summed E-state index contributed by atoms with van der Waals surface area (Å²) in [4.78, 5) is 0. The van der Waals surface area contributed by atoms with E-state index in [1.54, 1.807) is 6.92 Å². The summed E-state index contributed by atoms with van der Waals surface area (Å²) in [6.45, 7) is 11.5. The molecule has 0 aromatic carbocycles. The standard InChI is InChI=1S/C48H80O18/c1-22(19-61-41-37(58)34(55)32(53)27(17-49)63-41)7-8-26(52)23(2)25-11-13-46(6)30-10-9-29-44(4,21-51)31(12-14-47(29)20-48(30,47)16-15-45(25,46)5)65-42-39(60)36(57)40(24(3)62-42)66-43-38(59)35(56)33(54)28(18-50)64-43/h7,23-43,49-60H,8-21H2,1-6H3/b22-7-/t23-,24+,25+,26-,27+,28+,29-,30-,31-,32+,33+,34-,35-,36+,37+,38+,39+,40-,41+,42-,43-,44+,45+,46-,47+,48-/m0/s1. The van der Waals surface area contributed by atoms with Crippen molar-refractivity contribution in [2.45, 2.75) is 210 Å². The summed E-state index contributed by atoms with van der Waals surface area (Å²) in [6.07, 6.45) is -10.7. The lowest BCUT2D eigenvalue weighted by Crippen LogP contribution is -2.64. The monoisotopic (exact) mass is 945 g/mol. The van der Waals surface area contributed by atoms with Crippen molar-refractivity contribution in [3.63, 3.8) is 0 Å². The molecule has 8 fully saturated rings. The van der Waals surface area contributed by atoms with Gasteiger partial charge in [-0.2, -0.15) is 0 Å². The molecule has 0 radical (unpaired) electrons. The second-order valence-electron chi connectivity index (χ2n) is 22.7. The van der Waals surface area contributed by atoms with Crippen LogP contribution in [-0.4, -0.2) is 192 Å². The quantitative estimate of drug-likeness (QED) is 0.0778. The van der Waals surface area contributed by atoms with E-state index in [1.807, 2.05) is 13.0 Å². The van der Waals surface area contributed by atoms with E-state index in [0.29, 0.717) is 24.7 Å². The van der Waals surface area contributed by atoms with E-state index in [0.717, 1.165) is 56.9 Å². The predicted octanol–water partition coefficient (Wildman–Crippen LogP) is -0.415. The fraction of sp³-hybridized carbons (Fsp3) is 0.958. The van der Waals surface area contributed by atoms with Crippen LogP contribution >= 0.6 is 0 Å². The molecule has 8 rings (SSSR count). The molecule has 12 N–H and O–H groups in total. The Morgan fingerprint density at radius 1 is 0.652 bits per heavy atom.